The summed E-state index contributed by atoms with van der Waals surface area (Å²) in [4.78, 5) is 23.5. The van der Waals surface area contributed by atoms with Gasteiger partial charge in [0.15, 0.2) is 5.82 Å². The molecule has 2 aromatic rings. The Labute approximate surface area is 138 Å². The van der Waals surface area contributed by atoms with Crippen molar-refractivity contribution >= 4 is 29.4 Å². The van der Waals surface area contributed by atoms with Gasteiger partial charge in [-0.15, -0.1) is 11.8 Å². The lowest BCUT2D eigenvalue weighted by atomic mass is 10.2. The lowest BCUT2D eigenvalue weighted by molar-refractivity contribution is -0.119. The molecule has 0 bridgehead atoms. The van der Waals surface area contributed by atoms with Crippen molar-refractivity contribution in [1.82, 2.24) is 10.5 Å². The van der Waals surface area contributed by atoms with Gasteiger partial charge in [-0.05, 0) is 32.9 Å². The highest BCUT2D eigenvalue weighted by molar-refractivity contribution is 8.00. The van der Waals surface area contributed by atoms with E-state index in [2.05, 4.69) is 15.8 Å². The number of nitrogens with zero attached hydrogens (tertiary/aromatic N) is 1. The fourth-order valence-electron chi connectivity index (χ4n) is 1.88. The molecule has 0 aromatic carbocycles. The van der Waals surface area contributed by atoms with E-state index in [1.807, 2.05) is 26.0 Å². The van der Waals surface area contributed by atoms with Gasteiger partial charge in [0.2, 0.25) is 11.8 Å². The van der Waals surface area contributed by atoms with Gasteiger partial charge in [0.1, 0.15) is 17.3 Å². The van der Waals surface area contributed by atoms with Crippen molar-refractivity contribution in [2.75, 3.05) is 16.8 Å². The molecule has 0 aliphatic rings. The first kappa shape index (κ1) is 17.1. The Morgan fingerprint density at radius 3 is 2.57 bits per heavy atom. The number of rotatable bonds is 7. The SMILES string of the molecule is Cc1cc(NC(=O)CSCC(=O)N[C@@H](C)c2ccc(C)o2)no1. The largest absolute Gasteiger partial charge is 0.464 e. The number of thioether (sulfide) groups is 1. The van der Waals surface area contributed by atoms with Gasteiger partial charge in [-0.3, -0.25) is 9.59 Å². The van der Waals surface area contributed by atoms with Crippen molar-refractivity contribution < 1.29 is 18.5 Å². The second-order valence-corrected chi connectivity index (χ2v) is 6.09. The lowest BCUT2D eigenvalue weighted by Crippen LogP contribution is -2.28. The highest BCUT2D eigenvalue weighted by Gasteiger charge is 2.13. The molecule has 0 unspecified atom stereocenters. The highest BCUT2D eigenvalue weighted by Crippen LogP contribution is 2.15. The zero-order chi connectivity index (χ0) is 16.8. The smallest absolute Gasteiger partial charge is 0.235 e. The summed E-state index contributed by atoms with van der Waals surface area (Å²) in [6, 6.07) is 5.11. The van der Waals surface area contributed by atoms with Crippen molar-refractivity contribution in [2.24, 2.45) is 0 Å². The molecule has 0 spiro atoms. The van der Waals surface area contributed by atoms with Gasteiger partial charge in [0.05, 0.1) is 17.5 Å². The Kier molecular flexibility index (Phi) is 5.86. The summed E-state index contributed by atoms with van der Waals surface area (Å²) in [6.07, 6.45) is 0. The minimum atomic E-state index is -0.231. The molecule has 0 fully saturated rings. The molecule has 0 aliphatic carbocycles. The molecule has 0 radical (unpaired) electrons. The summed E-state index contributed by atoms with van der Waals surface area (Å²) in [5, 5.41) is 9.09. The average Bonchev–Trinajstić information content (AvgIpc) is 3.07. The summed E-state index contributed by atoms with van der Waals surface area (Å²) < 4.78 is 10.3. The van der Waals surface area contributed by atoms with Crippen LogP contribution in [0.15, 0.2) is 27.1 Å². The van der Waals surface area contributed by atoms with Gasteiger partial charge < -0.3 is 19.6 Å². The highest BCUT2D eigenvalue weighted by atomic mass is 32.2. The number of aromatic nitrogens is 1. The van der Waals surface area contributed by atoms with E-state index in [-0.39, 0.29) is 29.4 Å². The number of amides is 2. The average molecular weight is 337 g/mol. The van der Waals surface area contributed by atoms with Gasteiger partial charge in [-0.2, -0.15) is 0 Å². The van der Waals surface area contributed by atoms with Crippen LogP contribution in [0, 0.1) is 13.8 Å². The van der Waals surface area contributed by atoms with Gasteiger partial charge in [-0.25, -0.2) is 0 Å². The number of anilines is 1. The summed E-state index contributed by atoms with van der Waals surface area (Å²) in [6.45, 7) is 5.44. The van der Waals surface area contributed by atoms with E-state index in [1.165, 1.54) is 11.8 Å². The number of hydrogen-bond acceptors (Lipinski definition) is 6. The molecule has 0 aliphatic heterocycles. The number of nitrogens with one attached hydrogen (secondary N) is 2. The second kappa shape index (κ2) is 7.87. The fourth-order valence-corrected chi connectivity index (χ4v) is 2.51. The van der Waals surface area contributed by atoms with Crippen molar-refractivity contribution in [3.63, 3.8) is 0 Å². The molecule has 7 nitrogen and oxygen atoms in total. The van der Waals surface area contributed by atoms with Gasteiger partial charge in [0.25, 0.3) is 0 Å². The van der Waals surface area contributed by atoms with Crippen LogP contribution in [-0.4, -0.2) is 28.5 Å². The van der Waals surface area contributed by atoms with E-state index in [0.717, 1.165) is 5.76 Å². The number of hydrogen-bond donors (Lipinski definition) is 2. The molecule has 2 rings (SSSR count). The minimum absolute atomic E-state index is 0.151. The number of carbonyl (C=O) groups excluding carboxylic acids is 2. The predicted octanol–water partition coefficient (Wildman–Crippen LogP) is 2.43. The van der Waals surface area contributed by atoms with Crippen LogP contribution in [0.25, 0.3) is 0 Å². The van der Waals surface area contributed by atoms with Crippen LogP contribution in [0.4, 0.5) is 5.82 Å². The lowest BCUT2D eigenvalue weighted by Gasteiger charge is -2.11. The first-order valence-corrected chi connectivity index (χ1v) is 8.26. The van der Waals surface area contributed by atoms with Gasteiger partial charge in [0, 0.05) is 6.07 Å². The van der Waals surface area contributed by atoms with E-state index >= 15 is 0 Å². The molecular formula is C15H19N3O4S. The van der Waals surface area contributed by atoms with Crippen LogP contribution < -0.4 is 10.6 Å². The van der Waals surface area contributed by atoms with Crippen LogP contribution in [-0.2, 0) is 9.59 Å². The van der Waals surface area contributed by atoms with E-state index in [9.17, 15) is 9.59 Å². The predicted molar refractivity (Wildman–Crippen MR) is 87.2 cm³/mol. The first-order valence-electron chi connectivity index (χ1n) is 7.10. The molecular weight excluding hydrogens is 318 g/mol. The standard InChI is InChI=1S/C15H19N3O4S/c1-9-4-5-12(21-9)11(3)16-14(19)7-23-8-15(20)17-13-6-10(2)22-18-13/h4-6,11H,7-8H2,1-3H3,(H,16,19)(H,17,18,20)/t11-/m0/s1. The Morgan fingerprint density at radius 2 is 1.96 bits per heavy atom. The molecule has 8 heteroatoms. The second-order valence-electron chi connectivity index (χ2n) is 5.10. The number of aryl methyl sites for hydroxylation is 2. The Balaban J connectivity index is 1.67. The molecule has 2 N–H and O–H groups in total. The Hall–Kier alpha value is -2.22. The molecule has 0 saturated heterocycles. The summed E-state index contributed by atoms with van der Waals surface area (Å²) in [5.74, 6) is 2.47. The molecule has 2 heterocycles. The van der Waals surface area contributed by atoms with Crippen molar-refractivity contribution in [1.29, 1.82) is 0 Å². The van der Waals surface area contributed by atoms with Crippen molar-refractivity contribution in [3.05, 3.63) is 35.5 Å². The van der Waals surface area contributed by atoms with Crippen molar-refractivity contribution in [2.45, 2.75) is 26.8 Å². The van der Waals surface area contributed by atoms with Crippen LogP contribution in [0.3, 0.4) is 0 Å². The molecule has 2 amide bonds. The third-order valence-corrected chi connectivity index (χ3v) is 3.86. The van der Waals surface area contributed by atoms with Crippen LogP contribution in [0.1, 0.15) is 30.2 Å². The maximum atomic E-state index is 11.8. The fraction of sp³-hybridized carbons (Fsp3) is 0.400. The minimum Gasteiger partial charge on any atom is -0.464 e. The molecule has 1 atom stereocenters. The van der Waals surface area contributed by atoms with Crippen LogP contribution >= 0.6 is 11.8 Å². The normalized spacial score (nSPS) is 12.0. The number of carbonyl (C=O) groups is 2. The van der Waals surface area contributed by atoms with E-state index in [0.29, 0.717) is 17.3 Å². The third kappa shape index (κ3) is 5.48. The third-order valence-electron chi connectivity index (χ3n) is 2.93. The zero-order valence-electron chi connectivity index (χ0n) is 13.2. The Bertz CT molecular complexity index is 680. The van der Waals surface area contributed by atoms with Gasteiger partial charge in [-0.1, -0.05) is 5.16 Å². The monoisotopic (exact) mass is 337 g/mol. The maximum absolute atomic E-state index is 11.8. The first-order chi connectivity index (χ1) is 10.9. The summed E-state index contributed by atoms with van der Waals surface area (Å²) in [5.41, 5.74) is 0. The molecule has 124 valence electrons. The summed E-state index contributed by atoms with van der Waals surface area (Å²) in [7, 11) is 0. The molecule has 0 saturated carbocycles. The topological polar surface area (TPSA) is 97.4 Å². The van der Waals surface area contributed by atoms with Crippen LogP contribution in [0.2, 0.25) is 0 Å². The molecule has 23 heavy (non-hydrogen) atoms. The number of furan rings is 1. The van der Waals surface area contributed by atoms with Crippen molar-refractivity contribution in [3.8, 4) is 0 Å². The van der Waals surface area contributed by atoms with E-state index in [4.69, 9.17) is 8.94 Å². The molecule has 2 aromatic heterocycles. The van der Waals surface area contributed by atoms with Crippen LogP contribution in [0.5, 0.6) is 0 Å². The maximum Gasteiger partial charge on any atom is 0.235 e. The zero-order valence-corrected chi connectivity index (χ0v) is 14.0. The van der Waals surface area contributed by atoms with Gasteiger partial charge >= 0.3 is 0 Å². The Morgan fingerprint density at radius 1 is 1.22 bits per heavy atom. The van der Waals surface area contributed by atoms with E-state index < -0.39 is 0 Å². The van der Waals surface area contributed by atoms with E-state index in [1.54, 1.807) is 13.0 Å². The quantitative estimate of drug-likeness (QED) is 0.805. The summed E-state index contributed by atoms with van der Waals surface area (Å²) >= 11 is 1.22.